The van der Waals surface area contributed by atoms with E-state index < -0.39 is 0 Å². The SMILES string of the molecule is COCC1CCOC(C(C)C)O1. The predicted octanol–water partition coefficient (Wildman–Crippen LogP) is 1.42. The van der Waals surface area contributed by atoms with Crippen molar-refractivity contribution in [2.24, 2.45) is 5.92 Å². The molecule has 0 aliphatic carbocycles. The molecule has 0 radical (unpaired) electrons. The Morgan fingerprint density at radius 1 is 1.50 bits per heavy atom. The number of rotatable bonds is 3. The van der Waals surface area contributed by atoms with Crippen LogP contribution in [-0.2, 0) is 14.2 Å². The summed E-state index contributed by atoms with van der Waals surface area (Å²) in [6, 6.07) is 0. The first kappa shape index (κ1) is 9.96. The Kier molecular flexibility index (Phi) is 3.98. The second kappa shape index (κ2) is 4.80. The molecule has 1 saturated heterocycles. The Balaban J connectivity index is 2.30. The lowest BCUT2D eigenvalue weighted by Gasteiger charge is -2.32. The minimum absolute atomic E-state index is 0.0427. The fraction of sp³-hybridized carbons (Fsp3) is 1.00. The topological polar surface area (TPSA) is 27.7 Å². The van der Waals surface area contributed by atoms with Crippen LogP contribution < -0.4 is 0 Å². The molecule has 0 saturated carbocycles. The highest BCUT2D eigenvalue weighted by Gasteiger charge is 2.24. The van der Waals surface area contributed by atoms with Crippen molar-refractivity contribution < 1.29 is 14.2 Å². The molecule has 0 N–H and O–H groups in total. The lowest BCUT2D eigenvalue weighted by atomic mass is 10.2. The van der Waals surface area contributed by atoms with Crippen LogP contribution in [0.5, 0.6) is 0 Å². The van der Waals surface area contributed by atoms with Crippen molar-refractivity contribution in [1.29, 1.82) is 0 Å². The second-order valence-corrected chi connectivity index (χ2v) is 3.49. The first-order valence-corrected chi connectivity index (χ1v) is 4.50. The van der Waals surface area contributed by atoms with Crippen molar-refractivity contribution >= 4 is 0 Å². The molecular formula is C9H18O3. The Bertz CT molecular complexity index is 123. The molecule has 0 amide bonds. The van der Waals surface area contributed by atoms with Crippen LogP contribution in [0.3, 0.4) is 0 Å². The summed E-state index contributed by atoms with van der Waals surface area (Å²) in [5, 5.41) is 0. The zero-order valence-electron chi connectivity index (χ0n) is 8.08. The van der Waals surface area contributed by atoms with E-state index in [9.17, 15) is 0 Å². The molecular weight excluding hydrogens is 156 g/mol. The van der Waals surface area contributed by atoms with Crippen LogP contribution in [-0.4, -0.2) is 32.7 Å². The van der Waals surface area contributed by atoms with Crippen LogP contribution in [0.25, 0.3) is 0 Å². The van der Waals surface area contributed by atoms with E-state index in [1.165, 1.54) is 0 Å². The lowest BCUT2D eigenvalue weighted by Crippen LogP contribution is -2.37. The molecule has 1 aliphatic rings. The van der Waals surface area contributed by atoms with Gasteiger partial charge in [0.25, 0.3) is 0 Å². The van der Waals surface area contributed by atoms with Crippen LogP contribution in [0.4, 0.5) is 0 Å². The van der Waals surface area contributed by atoms with Gasteiger partial charge in [0.2, 0.25) is 0 Å². The molecule has 1 rings (SSSR count). The fourth-order valence-corrected chi connectivity index (χ4v) is 1.27. The largest absolute Gasteiger partial charge is 0.382 e. The first-order valence-electron chi connectivity index (χ1n) is 4.50. The summed E-state index contributed by atoms with van der Waals surface area (Å²) in [6.07, 6.45) is 1.12. The zero-order valence-corrected chi connectivity index (χ0v) is 8.08. The second-order valence-electron chi connectivity index (χ2n) is 3.49. The van der Waals surface area contributed by atoms with Gasteiger partial charge in [-0.3, -0.25) is 0 Å². The van der Waals surface area contributed by atoms with E-state index in [1.54, 1.807) is 7.11 Å². The molecule has 12 heavy (non-hydrogen) atoms. The third-order valence-corrected chi connectivity index (χ3v) is 1.95. The molecule has 0 aromatic heterocycles. The highest BCUT2D eigenvalue weighted by Crippen LogP contribution is 2.18. The van der Waals surface area contributed by atoms with Crippen molar-refractivity contribution in [2.75, 3.05) is 20.3 Å². The average molecular weight is 174 g/mol. The maximum atomic E-state index is 5.64. The van der Waals surface area contributed by atoms with Gasteiger partial charge in [-0.25, -0.2) is 0 Å². The predicted molar refractivity (Wildman–Crippen MR) is 45.9 cm³/mol. The van der Waals surface area contributed by atoms with E-state index in [0.29, 0.717) is 12.5 Å². The number of hydrogen-bond donors (Lipinski definition) is 0. The van der Waals surface area contributed by atoms with Crippen LogP contribution in [0, 0.1) is 5.92 Å². The molecule has 1 heterocycles. The van der Waals surface area contributed by atoms with Crippen molar-refractivity contribution in [3.8, 4) is 0 Å². The van der Waals surface area contributed by atoms with Gasteiger partial charge in [0.15, 0.2) is 6.29 Å². The molecule has 0 bridgehead atoms. The van der Waals surface area contributed by atoms with E-state index in [2.05, 4.69) is 13.8 Å². The zero-order chi connectivity index (χ0) is 8.97. The monoisotopic (exact) mass is 174 g/mol. The van der Waals surface area contributed by atoms with Gasteiger partial charge >= 0.3 is 0 Å². The van der Waals surface area contributed by atoms with Crippen LogP contribution in [0.15, 0.2) is 0 Å². The summed E-state index contributed by atoms with van der Waals surface area (Å²) in [5.74, 6) is 0.421. The highest BCUT2D eigenvalue weighted by molar-refractivity contribution is 4.65. The first-order chi connectivity index (χ1) is 5.74. The molecule has 72 valence electrons. The van der Waals surface area contributed by atoms with Crippen molar-refractivity contribution in [3.63, 3.8) is 0 Å². The number of hydrogen-bond acceptors (Lipinski definition) is 3. The molecule has 2 unspecified atom stereocenters. The molecule has 0 aromatic carbocycles. The third kappa shape index (κ3) is 2.73. The van der Waals surface area contributed by atoms with Crippen molar-refractivity contribution in [1.82, 2.24) is 0 Å². The molecule has 1 fully saturated rings. The average Bonchev–Trinajstić information content (AvgIpc) is 2.05. The summed E-state index contributed by atoms with van der Waals surface area (Å²) in [4.78, 5) is 0. The highest BCUT2D eigenvalue weighted by atomic mass is 16.7. The standard InChI is InChI=1S/C9H18O3/c1-7(2)9-11-5-4-8(12-9)6-10-3/h7-9H,4-6H2,1-3H3. The van der Waals surface area contributed by atoms with E-state index in [-0.39, 0.29) is 12.4 Å². The van der Waals surface area contributed by atoms with E-state index in [1.807, 2.05) is 0 Å². The van der Waals surface area contributed by atoms with Crippen molar-refractivity contribution in [2.45, 2.75) is 32.7 Å². The molecule has 1 aliphatic heterocycles. The Labute approximate surface area is 74.0 Å². The van der Waals surface area contributed by atoms with Gasteiger partial charge in [0, 0.05) is 13.0 Å². The normalized spacial score (nSPS) is 31.0. The van der Waals surface area contributed by atoms with Gasteiger partial charge in [-0.2, -0.15) is 0 Å². The van der Waals surface area contributed by atoms with Gasteiger partial charge in [-0.1, -0.05) is 13.8 Å². The maximum absolute atomic E-state index is 5.64. The summed E-state index contributed by atoms with van der Waals surface area (Å²) >= 11 is 0. The molecule has 0 aromatic rings. The Morgan fingerprint density at radius 2 is 2.25 bits per heavy atom. The van der Waals surface area contributed by atoms with Gasteiger partial charge in [-0.05, 0) is 6.42 Å². The maximum Gasteiger partial charge on any atom is 0.160 e. The van der Waals surface area contributed by atoms with E-state index in [4.69, 9.17) is 14.2 Å². The van der Waals surface area contributed by atoms with Gasteiger partial charge in [-0.15, -0.1) is 0 Å². The van der Waals surface area contributed by atoms with Gasteiger partial charge < -0.3 is 14.2 Å². The minimum Gasteiger partial charge on any atom is -0.382 e. The van der Waals surface area contributed by atoms with Crippen molar-refractivity contribution in [3.05, 3.63) is 0 Å². The van der Waals surface area contributed by atoms with Gasteiger partial charge in [0.1, 0.15) is 0 Å². The smallest absolute Gasteiger partial charge is 0.160 e. The number of methoxy groups -OCH3 is 1. The molecule has 2 atom stereocenters. The van der Waals surface area contributed by atoms with Crippen LogP contribution >= 0.6 is 0 Å². The number of ether oxygens (including phenoxy) is 3. The third-order valence-electron chi connectivity index (χ3n) is 1.95. The van der Waals surface area contributed by atoms with Crippen LogP contribution in [0.2, 0.25) is 0 Å². The summed E-state index contributed by atoms with van der Waals surface area (Å²) in [5.41, 5.74) is 0. The molecule has 0 spiro atoms. The quantitative estimate of drug-likeness (QED) is 0.647. The van der Waals surface area contributed by atoms with E-state index >= 15 is 0 Å². The minimum atomic E-state index is -0.0427. The fourth-order valence-electron chi connectivity index (χ4n) is 1.27. The van der Waals surface area contributed by atoms with Crippen LogP contribution in [0.1, 0.15) is 20.3 Å². The van der Waals surface area contributed by atoms with E-state index in [0.717, 1.165) is 13.0 Å². The Hall–Kier alpha value is -0.120. The molecule has 3 nitrogen and oxygen atoms in total. The lowest BCUT2D eigenvalue weighted by molar-refractivity contribution is -0.238. The van der Waals surface area contributed by atoms with Gasteiger partial charge in [0.05, 0.1) is 19.3 Å². The Morgan fingerprint density at radius 3 is 2.83 bits per heavy atom. The summed E-state index contributed by atoms with van der Waals surface area (Å²) in [6.45, 7) is 5.66. The molecule has 3 heteroatoms. The summed E-state index contributed by atoms with van der Waals surface area (Å²) < 4.78 is 16.1. The summed E-state index contributed by atoms with van der Waals surface area (Å²) in [7, 11) is 1.70.